The Balaban J connectivity index is 1.99. The molecule has 0 heterocycles. The van der Waals surface area contributed by atoms with E-state index in [1.54, 1.807) is 30.3 Å². The van der Waals surface area contributed by atoms with E-state index in [-0.39, 0.29) is 5.78 Å². The lowest BCUT2D eigenvalue weighted by Gasteiger charge is -2.07. The van der Waals surface area contributed by atoms with E-state index in [2.05, 4.69) is 20.3 Å². The predicted molar refractivity (Wildman–Crippen MR) is 101 cm³/mol. The zero-order valence-corrected chi connectivity index (χ0v) is 14.1. The van der Waals surface area contributed by atoms with Gasteiger partial charge in [0.2, 0.25) is 0 Å². The fraction of sp³-hybridized carbons (Fsp3) is 0.0500. The van der Waals surface area contributed by atoms with Crippen molar-refractivity contribution in [2.75, 3.05) is 0 Å². The molecule has 6 heteroatoms. The number of carbonyl (C=O) groups excluding carboxylic acids is 1. The molecule has 6 nitrogen and oxygen atoms in total. The zero-order chi connectivity index (χ0) is 18.4. The van der Waals surface area contributed by atoms with Crippen LogP contribution in [0.3, 0.4) is 0 Å². The highest BCUT2D eigenvalue weighted by Gasteiger charge is 2.08. The number of Topliss-reactive ketones (excluding diaryl/α,β-unsaturated/α-hetero) is 1. The summed E-state index contributed by atoms with van der Waals surface area (Å²) in [6, 6.07) is 21.9. The summed E-state index contributed by atoms with van der Waals surface area (Å²) in [5, 5.41) is 12.2. The Labute approximate surface area is 150 Å². The van der Waals surface area contributed by atoms with Crippen LogP contribution in [0.4, 0.5) is 17.1 Å². The van der Waals surface area contributed by atoms with Gasteiger partial charge >= 0.3 is 0 Å². The first-order valence-electron chi connectivity index (χ1n) is 7.95. The Morgan fingerprint density at radius 3 is 2.27 bits per heavy atom. The number of nitrogens with zero attached hydrogens (tertiary/aromatic N) is 5. The molecule has 0 aliphatic carbocycles. The number of carbonyl (C=O) groups is 1. The van der Waals surface area contributed by atoms with Gasteiger partial charge in [-0.3, -0.25) is 4.79 Å². The topological polar surface area (TPSA) is 90.5 Å². The van der Waals surface area contributed by atoms with Crippen molar-refractivity contribution in [1.82, 2.24) is 0 Å². The van der Waals surface area contributed by atoms with Crippen LogP contribution in [0.2, 0.25) is 0 Å². The molecule has 0 saturated carbocycles. The predicted octanol–water partition coefficient (Wildman–Crippen LogP) is 6.91. The van der Waals surface area contributed by atoms with Crippen LogP contribution in [0.5, 0.6) is 0 Å². The standard InChI is InChI=1S/C20H15N5O/c1-14(26)15-10-12-17(13-11-15)22-23-19-9-5-8-18(20(19)24-25-21)16-6-3-2-4-7-16/h2-13H,1H3. The summed E-state index contributed by atoms with van der Waals surface area (Å²) in [6.07, 6.45) is 0. The minimum absolute atomic E-state index is 0.00491. The third-order valence-electron chi connectivity index (χ3n) is 3.79. The van der Waals surface area contributed by atoms with Crippen molar-refractivity contribution in [3.8, 4) is 11.1 Å². The monoisotopic (exact) mass is 341 g/mol. The average molecular weight is 341 g/mol. The van der Waals surface area contributed by atoms with Crippen molar-refractivity contribution in [3.05, 3.63) is 88.8 Å². The Morgan fingerprint density at radius 2 is 1.62 bits per heavy atom. The number of hydrogen-bond acceptors (Lipinski definition) is 4. The van der Waals surface area contributed by atoms with Gasteiger partial charge in [-0.2, -0.15) is 10.2 Å². The fourth-order valence-corrected chi connectivity index (χ4v) is 2.49. The molecular formula is C20H15N5O. The van der Waals surface area contributed by atoms with Crippen LogP contribution in [-0.2, 0) is 0 Å². The van der Waals surface area contributed by atoms with Crippen LogP contribution in [-0.4, -0.2) is 5.78 Å². The number of azo groups is 1. The number of azide groups is 1. The smallest absolute Gasteiger partial charge is 0.159 e. The van der Waals surface area contributed by atoms with Gasteiger partial charge in [0, 0.05) is 10.5 Å². The van der Waals surface area contributed by atoms with Gasteiger partial charge in [-0.1, -0.05) is 47.6 Å². The highest BCUT2D eigenvalue weighted by molar-refractivity contribution is 5.94. The average Bonchev–Trinajstić information content (AvgIpc) is 2.68. The van der Waals surface area contributed by atoms with Gasteiger partial charge in [-0.05, 0) is 53.9 Å². The third-order valence-corrected chi connectivity index (χ3v) is 3.79. The minimum atomic E-state index is -0.00491. The maximum absolute atomic E-state index is 11.3. The maximum Gasteiger partial charge on any atom is 0.159 e. The molecule has 0 aliphatic heterocycles. The number of ketones is 1. The highest BCUT2D eigenvalue weighted by Crippen LogP contribution is 2.39. The molecule has 0 aromatic heterocycles. The molecule has 0 radical (unpaired) electrons. The van der Waals surface area contributed by atoms with Crippen molar-refractivity contribution in [2.45, 2.75) is 6.92 Å². The Morgan fingerprint density at radius 1 is 0.885 bits per heavy atom. The van der Waals surface area contributed by atoms with Gasteiger partial charge in [0.25, 0.3) is 0 Å². The second kappa shape index (κ2) is 7.88. The van der Waals surface area contributed by atoms with Gasteiger partial charge in [-0.25, -0.2) is 0 Å². The summed E-state index contributed by atoms with van der Waals surface area (Å²) in [6.45, 7) is 1.51. The first-order chi connectivity index (χ1) is 12.7. The van der Waals surface area contributed by atoms with E-state index < -0.39 is 0 Å². The van der Waals surface area contributed by atoms with E-state index in [9.17, 15) is 4.79 Å². The Hall–Kier alpha value is -3.76. The number of hydrogen-bond donors (Lipinski definition) is 0. The van der Waals surface area contributed by atoms with Crippen LogP contribution >= 0.6 is 0 Å². The summed E-state index contributed by atoms with van der Waals surface area (Å²) in [7, 11) is 0. The molecule has 26 heavy (non-hydrogen) atoms. The largest absolute Gasteiger partial charge is 0.295 e. The van der Waals surface area contributed by atoms with Gasteiger partial charge in [0.1, 0.15) is 0 Å². The SMILES string of the molecule is CC(=O)c1ccc(N=Nc2cccc(-c3ccccc3)c2N=[N+]=[N-])cc1. The number of benzene rings is 3. The van der Waals surface area contributed by atoms with Crippen LogP contribution < -0.4 is 0 Å². The second-order valence-electron chi connectivity index (χ2n) is 5.53. The zero-order valence-electron chi connectivity index (χ0n) is 14.1. The molecule has 0 bridgehead atoms. The van der Waals surface area contributed by atoms with Crippen molar-refractivity contribution in [1.29, 1.82) is 0 Å². The van der Waals surface area contributed by atoms with E-state index in [1.807, 2.05) is 42.5 Å². The summed E-state index contributed by atoms with van der Waals surface area (Å²) < 4.78 is 0. The lowest BCUT2D eigenvalue weighted by molar-refractivity contribution is 0.101. The first-order valence-corrected chi connectivity index (χ1v) is 7.95. The van der Waals surface area contributed by atoms with Crippen LogP contribution in [0.1, 0.15) is 17.3 Å². The summed E-state index contributed by atoms with van der Waals surface area (Å²) in [5.41, 5.74) is 12.8. The van der Waals surface area contributed by atoms with Crippen LogP contribution in [0.25, 0.3) is 21.6 Å². The normalized spacial score (nSPS) is 10.5. The van der Waals surface area contributed by atoms with E-state index in [0.29, 0.717) is 22.6 Å². The molecule has 3 aromatic carbocycles. The van der Waals surface area contributed by atoms with Crippen LogP contribution in [0.15, 0.2) is 88.1 Å². The quantitative estimate of drug-likeness (QED) is 0.214. The van der Waals surface area contributed by atoms with Gasteiger partial charge in [0.05, 0.1) is 17.1 Å². The fourth-order valence-electron chi connectivity index (χ4n) is 2.49. The summed E-state index contributed by atoms with van der Waals surface area (Å²) >= 11 is 0. The molecule has 0 fully saturated rings. The van der Waals surface area contributed by atoms with Crippen molar-refractivity contribution < 1.29 is 4.79 Å². The molecule has 0 saturated heterocycles. The lowest BCUT2D eigenvalue weighted by Crippen LogP contribution is -1.89. The Kier molecular flexibility index (Phi) is 5.17. The molecule has 0 amide bonds. The second-order valence-corrected chi connectivity index (χ2v) is 5.53. The molecular weight excluding hydrogens is 326 g/mol. The lowest BCUT2D eigenvalue weighted by atomic mass is 10.0. The van der Waals surface area contributed by atoms with E-state index in [4.69, 9.17) is 5.53 Å². The molecule has 0 unspecified atom stereocenters. The van der Waals surface area contributed by atoms with Crippen molar-refractivity contribution >= 4 is 22.8 Å². The van der Waals surface area contributed by atoms with Gasteiger partial charge in [-0.15, -0.1) is 0 Å². The molecule has 126 valence electrons. The molecule has 3 aromatic rings. The van der Waals surface area contributed by atoms with E-state index >= 15 is 0 Å². The van der Waals surface area contributed by atoms with Crippen LogP contribution in [0, 0.1) is 0 Å². The maximum atomic E-state index is 11.3. The highest BCUT2D eigenvalue weighted by atomic mass is 16.1. The summed E-state index contributed by atoms with van der Waals surface area (Å²) in [5.74, 6) is -0.00491. The van der Waals surface area contributed by atoms with E-state index in [1.165, 1.54) is 6.92 Å². The molecule has 0 aliphatic rings. The minimum Gasteiger partial charge on any atom is -0.295 e. The first kappa shape index (κ1) is 17.1. The summed E-state index contributed by atoms with van der Waals surface area (Å²) in [4.78, 5) is 14.2. The van der Waals surface area contributed by atoms with Crippen molar-refractivity contribution in [2.24, 2.45) is 15.3 Å². The molecule has 0 atom stereocenters. The molecule has 0 N–H and O–H groups in total. The van der Waals surface area contributed by atoms with E-state index in [0.717, 1.165) is 11.1 Å². The van der Waals surface area contributed by atoms with Crippen molar-refractivity contribution in [3.63, 3.8) is 0 Å². The number of rotatable bonds is 5. The molecule has 0 spiro atoms. The van der Waals surface area contributed by atoms with Gasteiger partial charge < -0.3 is 0 Å². The third kappa shape index (κ3) is 3.83. The Bertz CT molecular complexity index is 1000. The molecule has 3 rings (SSSR count). The van der Waals surface area contributed by atoms with Gasteiger partial charge in [0.15, 0.2) is 5.78 Å².